The summed E-state index contributed by atoms with van der Waals surface area (Å²) in [5.74, 6) is 0. The van der Waals surface area contributed by atoms with Crippen LogP contribution in [0.25, 0.3) is 0 Å². The number of hydrogen-bond donors (Lipinski definition) is 0. The van der Waals surface area contributed by atoms with E-state index in [0.29, 0.717) is 11.4 Å². The van der Waals surface area contributed by atoms with Gasteiger partial charge in [0.2, 0.25) is 0 Å². The van der Waals surface area contributed by atoms with E-state index in [1.165, 1.54) is 19.9 Å². The summed E-state index contributed by atoms with van der Waals surface area (Å²) < 4.78 is 36.3. The molecule has 0 radical (unpaired) electrons. The molecule has 0 saturated heterocycles. The maximum atomic E-state index is 12.1. The van der Waals surface area contributed by atoms with Crippen LogP contribution >= 0.6 is 0 Å². The molecule has 0 atom stereocenters. The lowest BCUT2D eigenvalue weighted by Crippen LogP contribution is -2.40. The van der Waals surface area contributed by atoms with Crippen molar-refractivity contribution in [2.75, 3.05) is 0 Å². The van der Waals surface area contributed by atoms with Crippen LogP contribution in [0.2, 0.25) is 0 Å². The third-order valence-corrected chi connectivity index (χ3v) is 1.29. The van der Waals surface area contributed by atoms with Gasteiger partial charge in [-0.25, -0.2) is 0 Å². The Morgan fingerprint density at radius 2 is 1.50 bits per heavy atom. The van der Waals surface area contributed by atoms with Crippen molar-refractivity contribution in [2.24, 2.45) is 0 Å². The number of rotatable bonds is 1. The van der Waals surface area contributed by atoms with Gasteiger partial charge >= 0.3 is 6.98 Å². The SMILES string of the molecule is Cc1cc(C)nc([B-](F)(F)F)n1. The van der Waals surface area contributed by atoms with Crippen LogP contribution in [-0.4, -0.2) is 16.9 Å². The van der Waals surface area contributed by atoms with Gasteiger partial charge in [-0.3, -0.25) is 9.97 Å². The van der Waals surface area contributed by atoms with E-state index in [2.05, 4.69) is 9.97 Å². The topological polar surface area (TPSA) is 25.8 Å². The minimum absolute atomic E-state index is 0.344. The molecule has 0 aromatic carbocycles. The van der Waals surface area contributed by atoms with Crippen molar-refractivity contribution < 1.29 is 12.9 Å². The highest BCUT2D eigenvalue weighted by Crippen LogP contribution is 2.06. The maximum Gasteiger partial charge on any atom is 0.546 e. The van der Waals surface area contributed by atoms with E-state index in [4.69, 9.17) is 0 Å². The molecule has 0 N–H and O–H groups in total. The first kappa shape index (κ1) is 9.03. The predicted octanol–water partition coefficient (Wildman–Crippen LogP) is 1.15. The van der Waals surface area contributed by atoms with Crippen LogP contribution in [0, 0.1) is 13.8 Å². The van der Waals surface area contributed by atoms with Gasteiger partial charge in [-0.15, -0.1) is 0 Å². The minimum Gasteiger partial charge on any atom is -0.443 e. The lowest BCUT2D eigenvalue weighted by Gasteiger charge is -2.13. The van der Waals surface area contributed by atoms with E-state index in [1.54, 1.807) is 0 Å². The number of aromatic nitrogens is 2. The Balaban J connectivity index is 3.18. The number of halogens is 3. The van der Waals surface area contributed by atoms with Gasteiger partial charge in [0.1, 0.15) is 0 Å². The molecule has 12 heavy (non-hydrogen) atoms. The largest absolute Gasteiger partial charge is 0.546 e. The van der Waals surface area contributed by atoms with Crippen LogP contribution in [0.1, 0.15) is 11.4 Å². The Labute approximate surface area is 67.9 Å². The summed E-state index contributed by atoms with van der Waals surface area (Å²) in [6, 6.07) is 1.51. The summed E-state index contributed by atoms with van der Waals surface area (Å²) >= 11 is 0. The Hall–Kier alpha value is -1.07. The van der Waals surface area contributed by atoms with Crippen molar-refractivity contribution in [3.8, 4) is 0 Å². The normalized spacial score (nSPS) is 11.8. The van der Waals surface area contributed by atoms with Crippen LogP contribution in [0.5, 0.6) is 0 Å². The Bertz CT molecular complexity index is 277. The highest BCUT2D eigenvalue weighted by atomic mass is 19.4. The average Bonchev–Trinajstić information content (AvgIpc) is 1.82. The lowest BCUT2D eigenvalue weighted by molar-refractivity contribution is 0.494. The number of hydrogen-bond acceptors (Lipinski definition) is 2. The summed E-state index contributed by atoms with van der Waals surface area (Å²) in [7, 11) is 0. The van der Waals surface area contributed by atoms with Gasteiger partial charge in [0.25, 0.3) is 0 Å². The number of nitrogens with zero attached hydrogens (tertiary/aromatic N) is 2. The molecule has 1 aromatic heterocycles. The van der Waals surface area contributed by atoms with Crippen LogP contribution in [0.15, 0.2) is 6.07 Å². The van der Waals surface area contributed by atoms with Gasteiger partial charge < -0.3 is 12.9 Å². The molecule has 0 bridgehead atoms. The standard InChI is InChI=1S/C6H7BF3N2/c1-4-3-5(2)12-6(11-4)7(8,9)10/h3H,1-2H3/q-1. The van der Waals surface area contributed by atoms with Crippen LogP contribution in [-0.2, 0) is 0 Å². The van der Waals surface area contributed by atoms with E-state index in [1.807, 2.05) is 0 Å². The fraction of sp³-hybridized carbons (Fsp3) is 0.333. The molecular formula is C6H7BF3N2-. The molecule has 1 aromatic rings. The molecular weight excluding hydrogens is 168 g/mol. The highest BCUT2D eigenvalue weighted by Gasteiger charge is 2.29. The van der Waals surface area contributed by atoms with E-state index < -0.39 is 12.7 Å². The van der Waals surface area contributed by atoms with Crippen LogP contribution < -0.4 is 5.72 Å². The molecule has 2 nitrogen and oxygen atoms in total. The fourth-order valence-corrected chi connectivity index (χ4v) is 0.900. The summed E-state index contributed by atoms with van der Waals surface area (Å²) in [5, 5.41) is 0. The molecule has 0 fully saturated rings. The van der Waals surface area contributed by atoms with Crippen LogP contribution in [0.3, 0.4) is 0 Å². The van der Waals surface area contributed by atoms with Gasteiger partial charge in [0.05, 0.1) is 5.72 Å². The first-order chi connectivity index (χ1) is 5.39. The van der Waals surface area contributed by atoms with Crippen LogP contribution in [0.4, 0.5) is 12.9 Å². The number of aryl methyl sites for hydroxylation is 2. The smallest absolute Gasteiger partial charge is 0.443 e. The van der Waals surface area contributed by atoms with Gasteiger partial charge in [-0.05, 0) is 19.9 Å². The highest BCUT2D eigenvalue weighted by molar-refractivity contribution is 6.71. The van der Waals surface area contributed by atoms with Crippen molar-refractivity contribution in [1.82, 2.24) is 9.97 Å². The predicted molar refractivity (Wildman–Crippen MR) is 40.2 cm³/mol. The van der Waals surface area contributed by atoms with Crippen molar-refractivity contribution in [1.29, 1.82) is 0 Å². The van der Waals surface area contributed by atoms with Gasteiger partial charge in [-0.1, -0.05) is 0 Å². The Kier molecular flexibility index (Phi) is 2.08. The van der Waals surface area contributed by atoms with Crippen molar-refractivity contribution in [2.45, 2.75) is 13.8 Å². The van der Waals surface area contributed by atoms with E-state index in [0.717, 1.165) is 0 Å². The third-order valence-electron chi connectivity index (χ3n) is 1.29. The first-order valence-electron chi connectivity index (χ1n) is 3.42. The van der Waals surface area contributed by atoms with E-state index >= 15 is 0 Å². The fourth-order valence-electron chi connectivity index (χ4n) is 0.900. The Morgan fingerprint density at radius 1 is 1.08 bits per heavy atom. The minimum atomic E-state index is -5.06. The van der Waals surface area contributed by atoms with Crippen molar-refractivity contribution in [3.05, 3.63) is 17.5 Å². The second-order valence-electron chi connectivity index (χ2n) is 2.58. The van der Waals surface area contributed by atoms with E-state index in [-0.39, 0.29) is 0 Å². The van der Waals surface area contributed by atoms with Gasteiger partial charge in [-0.2, -0.15) is 0 Å². The van der Waals surface area contributed by atoms with Crippen molar-refractivity contribution in [3.63, 3.8) is 0 Å². The Morgan fingerprint density at radius 3 is 1.83 bits per heavy atom. The molecule has 0 aliphatic heterocycles. The molecule has 0 unspecified atom stereocenters. The molecule has 6 heteroatoms. The second kappa shape index (κ2) is 2.77. The maximum absolute atomic E-state index is 12.1. The van der Waals surface area contributed by atoms with E-state index in [9.17, 15) is 12.9 Å². The second-order valence-corrected chi connectivity index (χ2v) is 2.58. The zero-order valence-corrected chi connectivity index (χ0v) is 6.68. The summed E-state index contributed by atoms with van der Waals surface area (Å²) in [6.07, 6.45) is 0. The molecule has 1 heterocycles. The monoisotopic (exact) mass is 175 g/mol. The molecule has 0 spiro atoms. The molecule has 0 amide bonds. The van der Waals surface area contributed by atoms with Gasteiger partial charge in [0, 0.05) is 11.4 Å². The summed E-state index contributed by atoms with van der Waals surface area (Å²) in [6.45, 7) is -2.04. The van der Waals surface area contributed by atoms with Crippen molar-refractivity contribution >= 4 is 12.7 Å². The van der Waals surface area contributed by atoms with Gasteiger partial charge in [0.15, 0.2) is 0 Å². The summed E-state index contributed by atoms with van der Waals surface area (Å²) in [4.78, 5) is 6.59. The lowest BCUT2D eigenvalue weighted by atomic mass is 9.90. The summed E-state index contributed by atoms with van der Waals surface area (Å²) in [5.41, 5.74) is -0.319. The zero-order chi connectivity index (χ0) is 9.35. The molecule has 0 saturated carbocycles. The molecule has 0 aliphatic rings. The first-order valence-corrected chi connectivity index (χ1v) is 3.42. The molecule has 66 valence electrons. The molecule has 0 aliphatic carbocycles. The quantitative estimate of drug-likeness (QED) is 0.598. The third kappa shape index (κ3) is 1.96. The average molecular weight is 175 g/mol. The zero-order valence-electron chi connectivity index (χ0n) is 6.68. The molecule has 1 rings (SSSR count).